The van der Waals surface area contributed by atoms with E-state index in [1.807, 2.05) is 0 Å². The summed E-state index contributed by atoms with van der Waals surface area (Å²) < 4.78 is 13.3. The average molecular weight is 343 g/mol. The molecule has 7 heteroatoms. The highest BCUT2D eigenvalue weighted by atomic mass is 35.5. The number of hydrogen-bond acceptors (Lipinski definition) is 3. The van der Waals surface area contributed by atoms with Gasteiger partial charge in [0.05, 0.1) is 10.6 Å². The van der Waals surface area contributed by atoms with Gasteiger partial charge in [0.1, 0.15) is 5.82 Å². The van der Waals surface area contributed by atoms with Crippen LogP contribution in [0.25, 0.3) is 0 Å². The summed E-state index contributed by atoms with van der Waals surface area (Å²) in [5, 5.41) is 15.1. The van der Waals surface area contributed by atoms with Gasteiger partial charge in [-0.25, -0.2) is 4.39 Å². The molecule has 2 rings (SSSR count). The number of hydrogen-bond donors (Lipinski definition) is 3. The van der Waals surface area contributed by atoms with Crippen molar-refractivity contribution in [2.24, 2.45) is 0 Å². The molecule has 0 spiro atoms. The van der Waals surface area contributed by atoms with Gasteiger partial charge in [0, 0.05) is 12.2 Å². The average Bonchev–Trinajstić information content (AvgIpc) is 2.74. The van der Waals surface area contributed by atoms with Gasteiger partial charge in [-0.2, -0.15) is 0 Å². The lowest BCUT2D eigenvalue weighted by Crippen LogP contribution is -2.46. The quantitative estimate of drug-likeness (QED) is 0.583. The van der Waals surface area contributed by atoms with Crippen LogP contribution in [-0.2, 0) is 9.59 Å². The van der Waals surface area contributed by atoms with Gasteiger partial charge in [-0.1, -0.05) is 37.3 Å². The summed E-state index contributed by atoms with van der Waals surface area (Å²) in [7, 11) is 0. The van der Waals surface area contributed by atoms with Crippen molar-refractivity contribution in [1.29, 1.82) is 0 Å². The van der Waals surface area contributed by atoms with Crippen LogP contribution in [0.5, 0.6) is 0 Å². The second-order valence-electron chi connectivity index (χ2n) is 5.90. The summed E-state index contributed by atoms with van der Waals surface area (Å²) in [6.45, 7) is 0.0359. The molecule has 0 saturated heterocycles. The maximum absolute atomic E-state index is 13.3. The normalized spacial score (nSPS) is 17.2. The van der Waals surface area contributed by atoms with Crippen molar-refractivity contribution in [2.45, 2.75) is 44.1 Å². The monoisotopic (exact) mass is 342 g/mol. The third kappa shape index (κ3) is 5.18. The van der Waals surface area contributed by atoms with Crippen molar-refractivity contribution in [3.63, 3.8) is 0 Å². The molecule has 0 heterocycles. The Morgan fingerprint density at radius 1 is 1.17 bits per heavy atom. The number of aliphatic hydroxyl groups is 1. The van der Waals surface area contributed by atoms with Gasteiger partial charge in [-0.05, 0) is 31.0 Å². The zero-order valence-electron chi connectivity index (χ0n) is 12.7. The minimum Gasteiger partial charge on any atom is -0.388 e. The van der Waals surface area contributed by atoms with Gasteiger partial charge >= 0.3 is 11.8 Å². The molecule has 2 amide bonds. The van der Waals surface area contributed by atoms with Crippen LogP contribution in [-0.4, -0.2) is 29.1 Å². The number of halogens is 2. The minimum absolute atomic E-state index is 0.0359. The molecule has 1 aromatic carbocycles. The lowest BCUT2D eigenvalue weighted by molar-refractivity contribution is -0.136. The fourth-order valence-corrected chi connectivity index (χ4v) is 2.77. The summed E-state index contributed by atoms with van der Waals surface area (Å²) in [5.41, 5.74) is -0.820. The van der Waals surface area contributed by atoms with Crippen LogP contribution in [0.4, 0.5) is 10.1 Å². The topological polar surface area (TPSA) is 78.4 Å². The van der Waals surface area contributed by atoms with Crippen molar-refractivity contribution >= 4 is 29.1 Å². The Hall–Kier alpha value is -1.66. The molecule has 0 aliphatic heterocycles. The summed E-state index contributed by atoms with van der Waals surface area (Å²) >= 11 is 5.55. The van der Waals surface area contributed by atoms with Crippen LogP contribution >= 0.6 is 11.6 Å². The van der Waals surface area contributed by atoms with Crippen molar-refractivity contribution in [2.75, 3.05) is 11.9 Å². The molecule has 0 atom stereocenters. The first-order valence-corrected chi connectivity index (χ1v) is 8.04. The zero-order chi connectivity index (χ0) is 16.9. The van der Waals surface area contributed by atoms with E-state index in [1.165, 1.54) is 12.1 Å². The van der Waals surface area contributed by atoms with E-state index >= 15 is 0 Å². The molecule has 1 aliphatic rings. The van der Waals surface area contributed by atoms with E-state index in [-0.39, 0.29) is 17.3 Å². The Morgan fingerprint density at radius 2 is 1.83 bits per heavy atom. The number of anilines is 1. The zero-order valence-corrected chi connectivity index (χ0v) is 13.5. The molecule has 126 valence electrons. The molecule has 3 N–H and O–H groups in total. The first kappa shape index (κ1) is 17.7. The van der Waals surface area contributed by atoms with Crippen LogP contribution in [0.3, 0.4) is 0 Å². The molecular formula is C16H20ClFN2O3. The van der Waals surface area contributed by atoms with Crippen molar-refractivity contribution < 1.29 is 19.1 Å². The number of nitrogens with one attached hydrogen (secondary N) is 2. The number of benzene rings is 1. The van der Waals surface area contributed by atoms with Crippen LogP contribution in [0.1, 0.15) is 38.5 Å². The van der Waals surface area contributed by atoms with E-state index in [2.05, 4.69) is 10.6 Å². The third-order valence-corrected chi connectivity index (χ3v) is 4.30. The van der Waals surface area contributed by atoms with Gasteiger partial charge in [-0.15, -0.1) is 0 Å². The lowest BCUT2D eigenvalue weighted by atomic mass is 9.94. The Bertz CT molecular complexity index is 587. The number of carbonyl (C=O) groups excluding carboxylic acids is 2. The fraction of sp³-hybridized carbons (Fsp3) is 0.500. The van der Waals surface area contributed by atoms with Gasteiger partial charge < -0.3 is 15.7 Å². The van der Waals surface area contributed by atoms with Gasteiger partial charge in [0.25, 0.3) is 0 Å². The van der Waals surface area contributed by atoms with E-state index in [1.54, 1.807) is 0 Å². The van der Waals surface area contributed by atoms with Crippen LogP contribution in [0.15, 0.2) is 18.2 Å². The van der Waals surface area contributed by atoms with E-state index in [0.717, 1.165) is 31.7 Å². The van der Waals surface area contributed by atoms with Crippen LogP contribution in [0, 0.1) is 5.82 Å². The maximum atomic E-state index is 13.3. The van der Waals surface area contributed by atoms with Crippen LogP contribution < -0.4 is 10.6 Å². The Labute approximate surface area is 139 Å². The van der Waals surface area contributed by atoms with Gasteiger partial charge in [-0.3, -0.25) is 9.59 Å². The highest BCUT2D eigenvalue weighted by Crippen LogP contribution is 2.26. The molecule has 0 unspecified atom stereocenters. The molecule has 0 aromatic heterocycles. The van der Waals surface area contributed by atoms with Gasteiger partial charge in [0.2, 0.25) is 0 Å². The highest BCUT2D eigenvalue weighted by Gasteiger charge is 2.29. The highest BCUT2D eigenvalue weighted by molar-refractivity contribution is 6.39. The summed E-state index contributed by atoms with van der Waals surface area (Å²) in [5.74, 6) is -2.46. The molecular weight excluding hydrogens is 323 g/mol. The van der Waals surface area contributed by atoms with E-state index < -0.39 is 23.2 Å². The summed E-state index contributed by atoms with van der Waals surface area (Å²) in [6.07, 6.45) is 5.16. The molecule has 0 radical (unpaired) electrons. The molecule has 1 aliphatic carbocycles. The van der Waals surface area contributed by atoms with Crippen molar-refractivity contribution in [3.05, 3.63) is 29.0 Å². The van der Waals surface area contributed by atoms with E-state index in [4.69, 9.17) is 11.6 Å². The summed E-state index contributed by atoms with van der Waals surface area (Å²) in [4.78, 5) is 23.6. The number of carbonyl (C=O) groups is 2. The summed E-state index contributed by atoms with van der Waals surface area (Å²) in [6, 6.07) is 3.72. The smallest absolute Gasteiger partial charge is 0.313 e. The maximum Gasteiger partial charge on any atom is 0.313 e. The predicted molar refractivity (Wildman–Crippen MR) is 85.7 cm³/mol. The Kier molecular flexibility index (Phi) is 5.96. The third-order valence-electron chi connectivity index (χ3n) is 4.00. The predicted octanol–water partition coefficient (Wildman–Crippen LogP) is 2.62. The second kappa shape index (κ2) is 7.75. The molecule has 5 nitrogen and oxygen atoms in total. The molecule has 1 fully saturated rings. The first-order chi connectivity index (χ1) is 10.9. The van der Waals surface area contributed by atoms with E-state index in [0.29, 0.717) is 12.8 Å². The van der Waals surface area contributed by atoms with Crippen LogP contribution in [0.2, 0.25) is 5.02 Å². The van der Waals surface area contributed by atoms with Crippen molar-refractivity contribution in [3.8, 4) is 0 Å². The number of amides is 2. The van der Waals surface area contributed by atoms with Crippen molar-refractivity contribution in [1.82, 2.24) is 5.32 Å². The molecule has 23 heavy (non-hydrogen) atoms. The Balaban J connectivity index is 1.87. The second-order valence-corrected chi connectivity index (χ2v) is 6.31. The largest absolute Gasteiger partial charge is 0.388 e. The lowest BCUT2D eigenvalue weighted by Gasteiger charge is -2.26. The standard InChI is InChI=1S/C16H20ClFN2O3/c17-12-6-5-11(9-13(12)18)20-15(22)14(21)19-10-16(23)7-3-1-2-4-8-16/h5-6,9,23H,1-4,7-8,10H2,(H,19,21)(H,20,22). The molecule has 1 aromatic rings. The molecule has 0 bridgehead atoms. The fourth-order valence-electron chi connectivity index (χ4n) is 2.65. The van der Waals surface area contributed by atoms with Gasteiger partial charge in [0.15, 0.2) is 0 Å². The Morgan fingerprint density at radius 3 is 2.43 bits per heavy atom. The number of rotatable bonds is 3. The first-order valence-electron chi connectivity index (χ1n) is 7.66. The minimum atomic E-state index is -0.960. The molecule has 1 saturated carbocycles. The van der Waals surface area contributed by atoms with E-state index in [9.17, 15) is 19.1 Å². The SMILES string of the molecule is O=C(NCC1(O)CCCCCC1)C(=O)Nc1ccc(Cl)c(F)c1.